The van der Waals surface area contributed by atoms with Crippen molar-refractivity contribution in [2.24, 2.45) is 0 Å². The standard InChI is InChI=1S/C31H39N3O7S/c1-36-24-7-6-23(27(18-24)38-3)19-33(12-9-22-5-8-26(37-2)28(17-22)39-4)20-29-32-25(21-42-29)30(35)34-13-10-31(11-14-34)40-15-16-41-31/h5-8,17-18,21H,9-16,19-20H2,1-4H3. The van der Waals surface area contributed by atoms with Crippen LogP contribution in [0.4, 0.5) is 0 Å². The van der Waals surface area contributed by atoms with E-state index >= 15 is 0 Å². The summed E-state index contributed by atoms with van der Waals surface area (Å²) in [4.78, 5) is 22.2. The second-order valence-corrected chi connectivity index (χ2v) is 11.3. The molecule has 2 fully saturated rings. The van der Waals surface area contributed by atoms with Crippen LogP contribution in [0.3, 0.4) is 0 Å². The molecule has 0 aliphatic carbocycles. The molecule has 2 aliphatic rings. The number of rotatable bonds is 12. The summed E-state index contributed by atoms with van der Waals surface area (Å²) in [5.74, 6) is 2.35. The molecule has 0 unspecified atom stereocenters. The molecule has 2 aromatic carbocycles. The van der Waals surface area contributed by atoms with Gasteiger partial charge < -0.3 is 33.3 Å². The minimum atomic E-state index is -0.513. The van der Waals surface area contributed by atoms with E-state index in [0.29, 0.717) is 69.4 Å². The molecule has 0 bridgehead atoms. The molecule has 2 aliphatic heterocycles. The monoisotopic (exact) mass is 597 g/mol. The SMILES string of the molecule is COc1ccc(CN(CCc2ccc(OC)c(OC)c2)Cc2nc(C(=O)N3CCC4(CC3)OCCO4)cs2)c(OC)c1. The smallest absolute Gasteiger partial charge is 0.273 e. The molecule has 42 heavy (non-hydrogen) atoms. The first-order valence-corrected chi connectivity index (χ1v) is 15.0. The summed E-state index contributed by atoms with van der Waals surface area (Å²) in [5, 5.41) is 2.75. The van der Waals surface area contributed by atoms with Gasteiger partial charge in [0.15, 0.2) is 17.3 Å². The predicted molar refractivity (Wildman–Crippen MR) is 159 cm³/mol. The molecule has 0 radical (unpaired) electrons. The summed E-state index contributed by atoms with van der Waals surface area (Å²) in [5.41, 5.74) is 2.66. The Balaban J connectivity index is 1.29. The summed E-state index contributed by atoms with van der Waals surface area (Å²) >= 11 is 1.51. The van der Waals surface area contributed by atoms with E-state index in [0.717, 1.165) is 40.6 Å². The fourth-order valence-corrected chi connectivity index (χ4v) is 6.24. The summed E-state index contributed by atoms with van der Waals surface area (Å²) in [6.45, 7) is 4.41. The van der Waals surface area contributed by atoms with Gasteiger partial charge in [-0.15, -0.1) is 11.3 Å². The van der Waals surface area contributed by atoms with Crippen LogP contribution in [0.5, 0.6) is 23.0 Å². The van der Waals surface area contributed by atoms with Crippen molar-refractivity contribution >= 4 is 17.2 Å². The highest BCUT2D eigenvalue weighted by Crippen LogP contribution is 2.32. The average Bonchev–Trinajstić information content (AvgIpc) is 3.69. The minimum absolute atomic E-state index is 0.0425. The van der Waals surface area contributed by atoms with Crippen molar-refractivity contribution in [2.45, 2.75) is 38.1 Å². The van der Waals surface area contributed by atoms with E-state index in [1.165, 1.54) is 11.3 Å². The van der Waals surface area contributed by atoms with Crippen LogP contribution in [-0.2, 0) is 29.0 Å². The maximum Gasteiger partial charge on any atom is 0.273 e. The van der Waals surface area contributed by atoms with Crippen LogP contribution in [-0.4, -0.2) is 87.8 Å². The number of amides is 1. The molecule has 1 aromatic heterocycles. The lowest BCUT2D eigenvalue weighted by Gasteiger charge is -2.37. The number of thiazole rings is 1. The summed E-state index contributed by atoms with van der Waals surface area (Å²) in [7, 11) is 6.58. The Morgan fingerprint density at radius 2 is 1.67 bits per heavy atom. The van der Waals surface area contributed by atoms with E-state index in [4.69, 9.17) is 33.4 Å². The highest BCUT2D eigenvalue weighted by molar-refractivity contribution is 7.09. The Labute approximate surface area is 251 Å². The Bertz CT molecular complexity index is 1350. The molecule has 5 rings (SSSR count). The Kier molecular flexibility index (Phi) is 9.84. The third kappa shape index (κ3) is 6.97. The molecule has 226 valence electrons. The number of aromatic nitrogens is 1. The average molecular weight is 598 g/mol. The molecular weight excluding hydrogens is 558 g/mol. The molecule has 11 heteroatoms. The Morgan fingerprint density at radius 3 is 2.36 bits per heavy atom. The number of hydrogen-bond donors (Lipinski definition) is 0. The Hall–Kier alpha value is -3.38. The maximum atomic E-state index is 13.3. The zero-order chi connectivity index (χ0) is 29.5. The third-order valence-corrected chi connectivity index (χ3v) is 8.64. The summed E-state index contributed by atoms with van der Waals surface area (Å²) < 4.78 is 33.6. The van der Waals surface area contributed by atoms with Crippen molar-refractivity contribution in [2.75, 3.05) is 61.3 Å². The lowest BCUT2D eigenvalue weighted by atomic mass is 10.0. The molecule has 1 amide bonds. The van der Waals surface area contributed by atoms with Gasteiger partial charge in [0, 0.05) is 56.0 Å². The number of ether oxygens (including phenoxy) is 6. The second kappa shape index (κ2) is 13.7. The van der Waals surface area contributed by atoms with Gasteiger partial charge in [0.1, 0.15) is 22.2 Å². The second-order valence-electron chi connectivity index (χ2n) is 10.4. The number of benzene rings is 2. The topological polar surface area (TPSA) is 91.8 Å². The van der Waals surface area contributed by atoms with Gasteiger partial charge in [0.2, 0.25) is 0 Å². The van der Waals surface area contributed by atoms with Crippen LogP contribution >= 0.6 is 11.3 Å². The van der Waals surface area contributed by atoms with Gasteiger partial charge in [0.05, 0.1) is 48.2 Å². The number of piperidine rings is 1. The van der Waals surface area contributed by atoms with Crippen LogP contribution < -0.4 is 18.9 Å². The summed E-state index contributed by atoms with van der Waals surface area (Å²) in [6, 6.07) is 11.9. The number of methoxy groups -OCH3 is 4. The van der Waals surface area contributed by atoms with Gasteiger partial charge in [-0.05, 0) is 30.2 Å². The van der Waals surface area contributed by atoms with Crippen molar-refractivity contribution in [1.29, 1.82) is 0 Å². The number of carbonyl (C=O) groups excluding carboxylic acids is 1. The first kappa shape index (κ1) is 30.1. The first-order chi connectivity index (χ1) is 20.5. The lowest BCUT2D eigenvalue weighted by Crippen LogP contribution is -2.47. The fourth-order valence-electron chi connectivity index (χ4n) is 5.43. The van der Waals surface area contributed by atoms with Crippen molar-refractivity contribution < 1.29 is 33.2 Å². The van der Waals surface area contributed by atoms with Crippen molar-refractivity contribution in [3.63, 3.8) is 0 Å². The van der Waals surface area contributed by atoms with Gasteiger partial charge in [-0.3, -0.25) is 9.69 Å². The van der Waals surface area contributed by atoms with E-state index in [1.807, 2.05) is 40.6 Å². The van der Waals surface area contributed by atoms with Gasteiger partial charge in [-0.2, -0.15) is 0 Å². The molecule has 3 heterocycles. The lowest BCUT2D eigenvalue weighted by molar-refractivity contribution is -0.181. The predicted octanol–water partition coefficient (Wildman–Crippen LogP) is 4.40. The number of nitrogens with zero attached hydrogens (tertiary/aromatic N) is 3. The quantitative estimate of drug-likeness (QED) is 0.301. The van der Waals surface area contributed by atoms with Crippen LogP contribution in [0.2, 0.25) is 0 Å². The number of likely N-dealkylation sites (tertiary alicyclic amines) is 1. The Morgan fingerprint density at radius 1 is 0.929 bits per heavy atom. The highest BCUT2D eigenvalue weighted by Gasteiger charge is 2.41. The molecule has 0 atom stereocenters. The van der Waals surface area contributed by atoms with Gasteiger partial charge in [-0.1, -0.05) is 12.1 Å². The van der Waals surface area contributed by atoms with Gasteiger partial charge in [0.25, 0.3) is 5.91 Å². The van der Waals surface area contributed by atoms with Crippen LogP contribution in [0.25, 0.3) is 0 Å². The van der Waals surface area contributed by atoms with Gasteiger partial charge >= 0.3 is 0 Å². The van der Waals surface area contributed by atoms with E-state index in [1.54, 1.807) is 28.4 Å². The van der Waals surface area contributed by atoms with Crippen LogP contribution in [0.1, 0.15) is 39.5 Å². The third-order valence-electron chi connectivity index (χ3n) is 7.81. The molecule has 3 aromatic rings. The van der Waals surface area contributed by atoms with Crippen molar-refractivity contribution in [3.05, 3.63) is 63.6 Å². The van der Waals surface area contributed by atoms with E-state index in [2.05, 4.69) is 11.0 Å². The maximum absolute atomic E-state index is 13.3. The highest BCUT2D eigenvalue weighted by atomic mass is 32.1. The van der Waals surface area contributed by atoms with Crippen LogP contribution in [0.15, 0.2) is 41.8 Å². The van der Waals surface area contributed by atoms with Crippen molar-refractivity contribution in [1.82, 2.24) is 14.8 Å². The number of hydrogen-bond acceptors (Lipinski definition) is 10. The number of carbonyl (C=O) groups is 1. The molecule has 0 N–H and O–H groups in total. The summed E-state index contributed by atoms with van der Waals surface area (Å²) in [6.07, 6.45) is 2.16. The molecule has 2 saturated heterocycles. The normalized spacial score (nSPS) is 16.2. The molecular formula is C31H39N3O7S. The first-order valence-electron chi connectivity index (χ1n) is 14.1. The fraction of sp³-hybridized carbons (Fsp3) is 0.484. The zero-order valence-electron chi connectivity index (χ0n) is 24.7. The molecule has 0 saturated carbocycles. The van der Waals surface area contributed by atoms with E-state index in [-0.39, 0.29) is 5.91 Å². The van der Waals surface area contributed by atoms with Gasteiger partial charge in [-0.25, -0.2) is 4.98 Å². The van der Waals surface area contributed by atoms with E-state index < -0.39 is 5.79 Å². The zero-order valence-corrected chi connectivity index (χ0v) is 25.5. The minimum Gasteiger partial charge on any atom is -0.497 e. The van der Waals surface area contributed by atoms with Crippen LogP contribution in [0, 0.1) is 0 Å². The van der Waals surface area contributed by atoms with Crippen molar-refractivity contribution in [3.8, 4) is 23.0 Å². The molecule has 10 nitrogen and oxygen atoms in total. The molecule has 1 spiro atoms. The largest absolute Gasteiger partial charge is 0.497 e. The van der Waals surface area contributed by atoms with E-state index in [9.17, 15) is 4.79 Å².